The first-order valence-electron chi connectivity index (χ1n) is 27.9. The van der Waals surface area contributed by atoms with Crippen molar-refractivity contribution in [2.75, 3.05) is 79.3 Å². The number of hydrogen-bond acceptors (Lipinski definition) is 14. The van der Waals surface area contributed by atoms with Gasteiger partial charge in [-0.3, -0.25) is 5.22 Å². The molecule has 0 saturated carbocycles. The summed E-state index contributed by atoms with van der Waals surface area (Å²) >= 11 is 0. The molecule has 0 bridgehead atoms. The maximum atomic E-state index is 5.18. The van der Waals surface area contributed by atoms with Gasteiger partial charge in [-0.25, -0.2) is 0 Å². The van der Waals surface area contributed by atoms with Gasteiger partial charge in [-0.2, -0.15) is 76.1 Å². The van der Waals surface area contributed by atoms with Crippen molar-refractivity contribution >= 4 is 73.8 Å². The zero-order valence-corrected chi connectivity index (χ0v) is 55.7. The Balaban J connectivity index is 0.000001000. The number of rotatable bonds is 31. The van der Waals surface area contributed by atoms with Crippen molar-refractivity contribution in [3.63, 3.8) is 0 Å². The third kappa shape index (κ3) is 34.9. The van der Waals surface area contributed by atoms with E-state index in [-0.39, 0.29) is 19.5 Å². The molecule has 0 fully saturated rings. The van der Waals surface area contributed by atoms with E-state index in [0.717, 1.165) is 11.4 Å². The van der Waals surface area contributed by atoms with Crippen molar-refractivity contribution in [2.24, 2.45) is 10.3 Å². The van der Waals surface area contributed by atoms with Gasteiger partial charge in [-0.15, -0.1) is 0 Å². The van der Waals surface area contributed by atoms with Gasteiger partial charge in [0.1, 0.15) is 6.15 Å². The first-order valence-corrected chi connectivity index (χ1v) is 32.8. The van der Waals surface area contributed by atoms with E-state index in [9.17, 15) is 0 Å². The fraction of sp³-hybridized carbons (Fsp3) is 0.400. The van der Waals surface area contributed by atoms with Gasteiger partial charge < -0.3 is 10.5 Å². The molecular weight excluding hydrogens is 1190 g/mol. The summed E-state index contributed by atoms with van der Waals surface area (Å²) in [4.78, 5) is 0. The quantitative estimate of drug-likeness (QED) is 0.0176. The van der Waals surface area contributed by atoms with E-state index in [4.69, 9.17) is 54.3 Å². The molecule has 0 aliphatic heterocycles. The minimum absolute atomic E-state index is 0. The first kappa shape index (κ1) is 77.6. The summed E-state index contributed by atoms with van der Waals surface area (Å²) in [6, 6.07) is 62.6. The molecule has 448 valence electrons. The van der Waals surface area contributed by atoms with Gasteiger partial charge in [0.25, 0.3) is 0 Å². The zero-order valence-electron chi connectivity index (χ0n) is 50.0. The van der Waals surface area contributed by atoms with E-state index in [1.165, 1.54) is 21.9 Å². The number of hydrogen-bond donors (Lipinski definition) is 0. The minimum Gasteiger partial charge on any atom is -0.350 e. The predicted octanol–water partition coefficient (Wildman–Crippen LogP) is 15.7. The van der Waals surface area contributed by atoms with E-state index in [0.29, 0.717) is 79.3 Å². The van der Waals surface area contributed by atoms with Crippen LogP contribution in [0.2, 0.25) is 0 Å². The third-order valence-electron chi connectivity index (χ3n) is 10.2. The van der Waals surface area contributed by atoms with Gasteiger partial charge in [0.15, 0.2) is 0 Å². The fourth-order valence-electron chi connectivity index (χ4n) is 7.15. The molecule has 0 amide bonds. The molecule has 6 aromatic carbocycles. The van der Waals surface area contributed by atoms with Gasteiger partial charge in [-0.05, 0) is 94.5 Å². The second-order valence-electron chi connectivity index (χ2n) is 15.7. The van der Waals surface area contributed by atoms with Crippen LogP contribution in [-0.4, -0.2) is 85.4 Å². The Kier molecular flexibility index (Phi) is 52.3. The summed E-state index contributed by atoms with van der Waals surface area (Å²) in [6.07, 6.45) is -1.22. The van der Waals surface area contributed by atoms with Crippen LogP contribution in [-0.2, 0) is 73.8 Å². The molecule has 0 N–H and O–H groups in total. The van der Waals surface area contributed by atoms with Crippen LogP contribution < -0.4 is 21.9 Å². The summed E-state index contributed by atoms with van der Waals surface area (Å²) in [5.41, 5.74) is 10.9. The fourth-order valence-corrected chi connectivity index (χ4v) is 11.0. The van der Waals surface area contributed by atoms with Crippen molar-refractivity contribution in [3.05, 3.63) is 187 Å². The summed E-state index contributed by atoms with van der Waals surface area (Å²) in [5.74, 6) is 0. The molecule has 0 saturated heterocycles. The molecule has 0 aromatic heterocycles. The van der Waals surface area contributed by atoms with Gasteiger partial charge in [0.2, 0.25) is 0 Å². The summed E-state index contributed by atoms with van der Waals surface area (Å²) in [6.45, 7) is 31.1. The molecule has 15 nitrogen and oxygen atoms in total. The zero-order chi connectivity index (χ0) is 58.6. The predicted molar refractivity (Wildman–Crippen MR) is 343 cm³/mol. The van der Waals surface area contributed by atoms with Crippen LogP contribution in [0.5, 0.6) is 0 Å². The molecule has 0 heterocycles. The van der Waals surface area contributed by atoms with E-state index < -0.39 is 40.6 Å². The molecule has 81 heavy (non-hydrogen) atoms. The average Bonchev–Trinajstić information content (AvgIpc) is 3.55. The van der Waals surface area contributed by atoms with Crippen LogP contribution >= 0.6 is 34.4 Å². The van der Waals surface area contributed by atoms with Gasteiger partial charge in [0.05, 0.1) is 79.3 Å². The second kappa shape index (κ2) is 54.6. The standard InChI is InChI=1S/C24H20B.C12H10N3.4C6H16O3P.Ru/c1-5-13-21(14-6-1)25(22-15-7-2-8-16-22,23-17-9-3-10-18-23)24-19-11-4-12-20-24;1-3-7-11(8-4-1)13-15-14-12-9-5-2-6-10-12;4*1-4-7-10(8-5-2)9-6-3;/h1-20H;1-10H;4*10H,4-6H2,1-3H3;/q2*-1;4*+1;+2. The van der Waals surface area contributed by atoms with Crippen molar-refractivity contribution < 1.29 is 73.8 Å². The van der Waals surface area contributed by atoms with Crippen LogP contribution in [0.3, 0.4) is 0 Å². The van der Waals surface area contributed by atoms with E-state index in [1.807, 2.05) is 144 Å². The number of benzene rings is 6. The van der Waals surface area contributed by atoms with Crippen LogP contribution in [0, 0.1) is 0 Å². The Morgan fingerprint density at radius 2 is 0.469 bits per heavy atom. The Morgan fingerprint density at radius 3 is 0.667 bits per heavy atom. The largest absolute Gasteiger partial charge is 2.00 e. The third-order valence-corrected chi connectivity index (χ3v) is 16.5. The van der Waals surface area contributed by atoms with E-state index in [2.05, 4.69) is 137 Å². The van der Waals surface area contributed by atoms with Crippen molar-refractivity contribution in [1.82, 2.24) is 0 Å². The normalized spacial score (nSPS) is 10.7. The van der Waals surface area contributed by atoms with Crippen LogP contribution in [0.1, 0.15) is 83.1 Å². The summed E-state index contributed by atoms with van der Waals surface area (Å²) in [7, 11) is -5.59. The van der Waals surface area contributed by atoms with Gasteiger partial charge >= 0.3 is 53.9 Å². The molecule has 6 rings (SSSR count). The molecule has 0 spiro atoms. The first-order chi connectivity index (χ1) is 39.3. The Morgan fingerprint density at radius 1 is 0.284 bits per heavy atom. The van der Waals surface area contributed by atoms with Gasteiger partial charge in [-0.1, -0.05) is 182 Å². The topological polar surface area (TPSA) is 150 Å². The van der Waals surface area contributed by atoms with E-state index >= 15 is 0 Å². The average molecular weight is 1290 g/mol. The van der Waals surface area contributed by atoms with E-state index in [1.54, 1.807) is 0 Å². The van der Waals surface area contributed by atoms with Crippen molar-refractivity contribution in [3.8, 4) is 0 Å². The maximum Gasteiger partial charge on any atom is 2.00 e. The molecule has 0 aliphatic rings. The van der Waals surface area contributed by atoms with Crippen LogP contribution in [0.25, 0.3) is 5.43 Å². The Bertz CT molecular complexity index is 1980. The van der Waals surface area contributed by atoms with Crippen LogP contribution in [0.15, 0.2) is 192 Å². The second-order valence-corrected chi connectivity index (χ2v) is 21.1. The molecule has 0 aliphatic carbocycles. The Labute approximate surface area is 504 Å². The molecule has 6 aromatic rings. The Hall–Kier alpha value is -3.35. The number of nitrogens with zero attached hydrogens (tertiary/aromatic N) is 3. The summed E-state index contributed by atoms with van der Waals surface area (Å²) < 4.78 is 62.2. The molecule has 21 heteroatoms. The summed E-state index contributed by atoms with van der Waals surface area (Å²) in [5, 5.41) is 7.72. The monoisotopic (exact) mass is 1290 g/mol. The molecule has 0 unspecified atom stereocenters. The molecule has 0 radical (unpaired) electrons. The molecule has 0 atom stereocenters. The smallest absolute Gasteiger partial charge is 0.350 e. The molecular formula is C60H94BN3O12P4Ru+4. The van der Waals surface area contributed by atoms with Crippen LogP contribution in [0.4, 0.5) is 11.4 Å². The maximum absolute atomic E-state index is 5.18. The van der Waals surface area contributed by atoms with Crippen molar-refractivity contribution in [2.45, 2.75) is 83.1 Å². The minimum atomic E-state index is -1.40. The SMILES string of the molecule is CCO[PH+](OCC)OCC.CCO[PH+](OCC)OCC.CCO[PH+](OCC)OCC.CCO[PH+](OCC)OCC.[Ru+2].c1ccc(N=N[N-]c2ccccc2)cc1.c1ccc([B-](c2ccccc2)(c2ccccc2)c2ccccc2)cc1. The van der Waals surface area contributed by atoms with Crippen molar-refractivity contribution in [1.29, 1.82) is 0 Å². The van der Waals surface area contributed by atoms with Gasteiger partial charge in [0, 0.05) is 0 Å².